The Morgan fingerprint density at radius 1 is 1.05 bits per heavy atom. The van der Waals surface area contributed by atoms with Crippen molar-refractivity contribution in [1.82, 2.24) is 0 Å². The molecule has 0 saturated heterocycles. The maximum Gasteiger partial charge on any atom is 0.235 e. The Bertz CT molecular complexity index is 305. The van der Waals surface area contributed by atoms with Crippen LogP contribution in [0.1, 0.15) is 77.6 Å². The number of rotatable bonds is 15. The third-order valence-corrected chi connectivity index (χ3v) is 4.00. The summed E-state index contributed by atoms with van der Waals surface area (Å²) >= 11 is 0. The van der Waals surface area contributed by atoms with E-state index in [1.54, 1.807) is 6.08 Å². The average Bonchev–Trinajstić information content (AvgIpc) is 2.47. The van der Waals surface area contributed by atoms with Gasteiger partial charge in [0, 0.05) is 0 Å². The maximum atomic E-state index is 10.6. The lowest BCUT2D eigenvalue weighted by molar-refractivity contribution is 0.382. The zero-order valence-corrected chi connectivity index (χ0v) is 13.9. The van der Waals surface area contributed by atoms with Gasteiger partial charge in [0.15, 0.2) is 0 Å². The Kier molecular flexibility index (Phi) is 14.4. The van der Waals surface area contributed by atoms with E-state index in [-0.39, 0.29) is 6.04 Å². The Morgan fingerprint density at radius 3 is 2.43 bits per heavy atom. The van der Waals surface area contributed by atoms with Crippen LogP contribution in [0.25, 0.3) is 0 Å². The summed E-state index contributed by atoms with van der Waals surface area (Å²) in [4.78, 5) is 14.7. The first kappa shape index (κ1) is 19.9. The first-order chi connectivity index (χ1) is 10.3. The van der Waals surface area contributed by atoms with Crippen molar-refractivity contribution in [2.24, 2.45) is 10.9 Å². The number of hydrogen-bond acceptors (Lipinski definition) is 2. The molecule has 0 amide bonds. The topological polar surface area (TPSA) is 29.4 Å². The Balaban J connectivity index is 4.17. The van der Waals surface area contributed by atoms with E-state index >= 15 is 0 Å². The van der Waals surface area contributed by atoms with Gasteiger partial charge < -0.3 is 0 Å². The molecule has 0 aliphatic heterocycles. The summed E-state index contributed by atoms with van der Waals surface area (Å²) in [5.74, 6) is 0.584. The predicted octanol–water partition coefficient (Wildman–Crippen LogP) is 5.99. The molecule has 0 spiro atoms. The fraction of sp³-hybridized carbons (Fsp3) is 0.737. The molecule has 2 heteroatoms. The lowest BCUT2D eigenvalue weighted by atomic mass is 9.89. The second-order valence-corrected chi connectivity index (χ2v) is 5.92. The SMILES string of the molecule is C=CCCCC(CC=C)CC(CCCCCCC)N=C=O. The van der Waals surface area contributed by atoms with Crippen LogP contribution in [0.15, 0.2) is 30.3 Å². The number of nitrogens with zero attached hydrogens (tertiary/aromatic N) is 1. The van der Waals surface area contributed by atoms with Crippen LogP contribution in [0.2, 0.25) is 0 Å². The highest BCUT2D eigenvalue weighted by Gasteiger charge is 2.14. The summed E-state index contributed by atoms with van der Waals surface area (Å²) in [7, 11) is 0. The zero-order valence-electron chi connectivity index (χ0n) is 13.9. The van der Waals surface area contributed by atoms with Gasteiger partial charge in [-0.05, 0) is 44.4 Å². The van der Waals surface area contributed by atoms with Crippen molar-refractivity contribution in [3.8, 4) is 0 Å². The normalized spacial score (nSPS) is 13.2. The molecule has 0 heterocycles. The molecule has 21 heavy (non-hydrogen) atoms. The third-order valence-electron chi connectivity index (χ3n) is 4.00. The van der Waals surface area contributed by atoms with Crippen LogP contribution in [-0.2, 0) is 4.79 Å². The van der Waals surface area contributed by atoms with Gasteiger partial charge in [0.1, 0.15) is 0 Å². The number of aliphatic imine (C=N–C) groups is 1. The van der Waals surface area contributed by atoms with Crippen LogP contribution in [0, 0.1) is 5.92 Å². The second kappa shape index (κ2) is 15.3. The smallest absolute Gasteiger partial charge is 0.211 e. The van der Waals surface area contributed by atoms with Crippen LogP contribution < -0.4 is 0 Å². The number of hydrogen-bond donors (Lipinski definition) is 0. The third kappa shape index (κ3) is 12.3. The van der Waals surface area contributed by atoms with Gasteiger partial charge in [-0.15, -0.1) is 13.2 Å². The molecule has 2 nitrogen and oxygen atoms in total. The number of unbranched alkanes of at least 4 members (excludes halogenated alkanes) is 5. The van der Waals surface area contributed by atoms with E-state index in [9.17, 15) is 4.79 Å². The lowest BCUT2D eigenvalue weighted by Crippen LogP contribution is -2.12. The number of allylic oxidation sites excluding steroid dienone is 2. The van der Waals surface area contributed by atoms with E-state index in [0.717, 1.165) is 32.1 Å². The second-order valence-electron chi connectivity index (χ2n) is 5.92. The van der Waals surface area contributed by atoms with Gasteiger partial charge in [0.25, 0.3) is 0 Å². The molecule has 0 aliphatic carbocycles. The average molecular weight is 291 g/mol. The minimum absolute atomic E-state index is 0.151. The van der Waals surface area contributed by atoms with Gasteiger partial charge in [-0.2, -0.15) is 0 Å². The molecule has 0 radical (unpaired) electrons. The molecule has 0 bridgehead atoms. The van der Waals surface area contributed by atoms with Crippen LogP contribution in [0.5, 0.6) is 0 Å². The van der Waals surface area contributed by atoms with Crippen molar-refractivity contribution in [3.63, 3.8) is 0 Å². The summed E-state index contributed by atoms with van der Waals surface area (Å²) in [6.45, 7) is 9.84. The molecule has 0 rings (SSSR count). The summed E-state index contributed by atoms with van der Waals surface area (Å²) < 4.78 is 0. The molecular formula is C19H33NO. The molecule has 0 N–H and O–H groups in total. The molecule has 2 atom stereocenters. The predicted molar refractivity (Wildman–Crippen MR) is 92.3 cm³/mol. The van der Waals surface area contributed by atoms with E-state index in [4.69, 9.17) is 0 Å². The van der Waals surface area contributed by atoms with E-state index in [1.807, 2.05) is 12.2 Å². The van der Waals surface area contributed by atoms with Crippen LogP contribution in [-0.4, -0.2) is 12.1 Å². The fourth-order valence-corrected chi connectivity index (χ4v) is 2.80. The molecule has 120 valence electrons. The van der Waals surface area contributed by atoms with Crippen molar-refractivity contribution in [3.05, 3.63) is 25.3 Å². The highest BCUT2D eigenvalue weighted by molar-refractivity contribution is 5.33. The lowest BCUT2D eigenvalue weighted by Gasteiger charge is -2.19. The Labute approximate surface area is 131 Å². The highest BCUT2D eigenvalue weighted by Crippen LogP contribution is 2.23. The first-order valence-corrected chi connectivity index (χ1v) is 8.57. The van der Waals surface area contributed by atoms with Gasteiger partial charge in [-0.25, -0.2) is 9.79 Å². The fourth-order valence-electron chi connectivity index (χ4n) is 2.80. The van der Waals surface area contributed by atoms with E-state index in [2.05, 4.69) is 25.1 Å². The highest BCUT2D eigenvalue weighted by atomic mass is 16.1. The first-order valence-electron chi connectivity index (χ1n) is 8.57. The standard InChI is InChI=1S/C19H33NO/c1-4-7-9-10-12-15-19(20-17-21)16-18(13-6-3)14-11-8-5-2/h5-6,18-19H,2-4,7-16H2,1H3. The van der Waals surface area contributed by atoms with E-state index in [1.165, 1.54) is 38.5 Å². The number of isocyanates is 1. The molecule has 0 fully saturated rings. The minimum atomic E-state index is 0.151. The summed E-state index contributed by atoms with van der Waals surface area (Å²) in [5.41, 5.74) is 0. The van der Waals surface area contributed by atoms with E-state index in [0.29, 0.717) is 5.92 Å². The van der Waals surface area contributed by atoms with Gasteiger partial charge in [-0.1, -0.05) is 51.2 Å². The van der Waals surface area contributed by atoms with Gasteiger partial charge >= 0.3 is 0 Å². The summed E-state index contributed by atoms with van der Waals surface area (Å²) in [5, 5.41) is 0. The van der Waals surface area contributed by atoms with Crippen LogP contribution in [0.3, 0.4) is 0 Å². The van der Waals surface area contributed by atoms with Crippen LogP contribution >= 0.6 is 0 Å². The molecule has 0 aromatic heterocycles. The Morgan fingerprint density at radius 2 is 1.81 bits per heavy atom. The Hall–Kier alpha value is -1.14. The largest absolute Gasteiger partial charge is 0.235 e. The maximum absolute atomic E-state index is 10.6. The number of carbonyl (C=O) groups excluding carboxylic acids is 1. The van der Waals surface area contributed by atoms with Crippen molar-refractivity contribution < 1.29 is 4.79 Å². The molecule has 0 aliphatic rings. The van der Waals surface area contributed by atoms with Crippen molar-refractivity contribution in [2.75, 3.05) is 0 Å². The minimum Gasteiger partial charge on any atom is -0.211 e. The molecular weight excluding hydrogens is 258 g/mol. The summed E-state index contributed by atoms with van der Waals surface area (Å²) in [6.07, 6.45) is 18.4. The van der Waals surface area contributed by atoms with Crippen LogP contribution in [0.4, 0.5) is 0 Å². The zero-order chi connectivity index (χ0) is 15.8. The van der Waals surface area contributed by atoms with E-state index < -0.39 is 0 Å². The molecule has 0 aromatic rings. The molecule has 0 aromatic carbocycles. The van der Waals surface area contributed by atoms with Gasteiger partial charge in [0.05, 0.1) is 6.04 Å². The van der Waals surface area contributed by atoms with Crippen molar-refractivity contribution >= 4 is 6.08 Å². The monoisotopic (exact) mass is 291 g/mol. The van der Waals surface area contributed by atoms with Crippen molar-refractivity contribution in [2.45, 2.75) is 83.6 Å². The molecule has 2 unspecified atom stereocenters. The van der Waals surface area contributed by atoms with Gasteiger partial charge in [0.2, 0.25) is 6.08 Å². The van der Waals surface area contributed by atoms with Gasteiger partial charge in [-0.3, -0.25) is 0 Å². The van der Waals surface area contributed by atoms with Crippen molar-refractivity contribution in [1.29, 1.82) is 0 Å². The quantitative estimate of drug-likeness (QED) is 0.158. The molecule has 0 saturated carbocycles. The summed E-state index contributed by atoms with van der Waals surface area (Å²) in [6, 6.07) is 0.151.